The van der Waals surface area contributed by atoms with Gasteiger partial charge in [0.2, 0.25) is 0 Å². The van der Waals surface area contributed by atoms with Crippen LogP contribution in [0.1, 0.15) is 45.8 Å². The Morgan fingerprint density at radius 1 is 1.25 bits per heavy atom. The van der Waals surface area contributed by atoms with Crippen LogP contribution in [0.4, 0.5) is 15.8 Å². The summed E-state index contributed by atoms with van der Waals surface area (Å²) >= 11 is 0. The number of carbonyl (C=O) groups excluding carboxylic acids is 1. The maximum absolute atomic E-state index is 14.4. The number of aliphatic hydroxyl groups excluding tert-OH is 1. The Morgan fingerprint density at radius 2 is 2.03 bits per heavy atom. The van der Waals surface area contributed by atoms with Gasteiger partial charge >= 0.3 is 0 Å². The summed E-state index contributed by atoms with van der Waals surface area (Å²) < 4.78 is 17.3. The lowest BCUT2D eigenvalue weighted by molar-refractivity contribution is 0.0657. The molecule has 0 saturated carbocycles. The van der Waals surface area contributed by atoms with Gasteiger partial charge in [0, 0.05) is 32.9 Å². The predicted molar refractivity (Wildman–Crippen MR) is 136 cm³/mol. The molecule has 0 saturated heterocycles. The number of carbonyl (C=O) groups is 1. The van der Waals surface area contributed by atoms with E-state index in [-0.39, 0.29) is 23.6 Å². The third kappa shape index (κ3) is 5.13. The number of aliphatic hydroxyl groups is 1. The fraction of sp³-hybridized carbons (Fsp3) is 0.308. The first kappa shape index (κ1) is 25.1. The molecule has 188 valence electrons. The van der Waals surface area contributed by atoms with Gasteiger partial charge in [-0.3, -0.25) is 9.59 Å². The van der Waals surface area contributed by atoms with Crippen molar-refractivity contribution in [1.82, 2.24) is 24.2 Å². The fourth-order valence-corrected chi connectivity index (χ4v) is 4.10. The number of fused-ring (bicyclic) bond motifs is 1. The van der Waals surface area contributed by atoms with Gasteiger partial charge in [-0.1, -0.05) is 24.3 Å². The molecule has 3 aromatic rings. The Kier molecular flexibility index (Phi) is 7.16. The molecule has 1 aliphatic rings. The molecule has 36 heavy (non-hydrogen) atoms. The zero-order valence-electron chi connectivity index (χ0n) is 20.7. The van der Waals surface area contributed by atoms with Crippen molar-refractivity contribution in [2.24, 2.45) is 14.1 Å². The molecule has 4 rings (SSSR count). The van der Waals surface area contributed by atoms with Gasteiger partial charge in [0.15, 0.2) is 5.69 Å². The van der Waals surface area contributed by atoms with Crippen LogP contribution in [0.5, 0.6) is 0 Å². The number of halogens is 1. The minimum Gasteiger partial charge on any atom is -0.383 e. The summed E-state index contributed by atoms with van der Waals surface area (Å²) in [7, 11) is 4.80. The summed E-state index contributed by atoms with van der Waals surface area (Å²) in [4.78, 5) is 31.5. The molecule has 0 radical (unpaired) electrons. The van der Waals surface area contributed by atoms with E-state index in [0.717, 1.165) is 34.5 Å². The maximum atomic E-state index is 14.4. The Hall–Kier alpha value is -4.05. The minimum atomic E-state index is -1.06. The molecule has 1 aliphatic carbocycles. The highest BCUT2D eigenvalue weighted by molar-refractivity contribution is 5.98. The zero-order chi connectivity index (χ0) is 26.0. The van der Waals surface area contributed by atoms with E-state index in [9.17, 15) is 19.1 Å². The number of aryl methyl sites for hydroxylation is 2. The first-order valence-corrected chi connectivity index (χ1v) is 11.6. The van der Waals surface area contributed by atoms with Gasteiger partial charge in [-0.15, -0.1) is 0 Å². The molecule has 1 amide bonds. The second-order valence-electron chi connectivity index (χ2n) is 8.87. The highest BCUT2D eigenvalue weighted by Crippen LogP contribution is 2.24. The van der Waals surface area contributed by atoms with Crippen molar-refractivity contribution in [1.29, 1.82) is 0 Å². The highest BCUT2D eigenvalue weighted by Gasteiger charge is 2.25. The molecule has 0 spiro atoms. The summed E-state index contributed by atoms with van der Waals surface area (Å²) in [5.41, 5.74) is 2.18. The fourth-order valence-electron chi connectivity index (χ4n) is 4.10. The summed E-state index contributed by atoms with van der Waals surface area (Å²) in [5.74, 6) is -0.622. The molecule has 0 fully saturated rings. The number of amides is 1. The number of nitrogens with one attached hydrogen (secondary N) is 1. The largest absolute Gasteiger partial charge is 0.383 e. The van der Waals surface area contributed by atoms with Crippen LogP contribution in [-0.4, -0.2) is 48.8 Å². The van der Waals surface area contributed by atoms with E-state index in [1.807, 2.05) is 29.8 Å². The van der Waals surface area contributed by atoms with Crippen LogP contribution >= 0.6 is 0 Å². The Bertz CT molecular complexity index is 1420. The van der Waals surface area contributed by atoms with Gasteiger partial charge in [-0.25, -0.2) is 14.1 Å². The molecule has 1 unspecified atom stereocenters. The third-order valence-electron chi connectivity index (χ3n) is 6.11. The molecule has 2 N–H and O–H groups in total. The van der Waals surface area contributed by atoms with Crippen LogP contribution in [0.25, 0.3) is 6.08 Å². The lowest BCUT2D eigenvalue weighted by Gasteiger charge is -2.22. The van der Waals surface area contributed by atoms with Crippen molar-refractivity contribution >= 4 is 23.4 Å². The average molecular weight is 493 g/mol. The van der Waals surface area contributed by atoms with Gasteiger partial charge in [-0.05, 0) is 43.5 Å². The number of allylic oxidation sites excluding steroid dienone is 3. The van der Waals surface area contributed by atoms with E-state index in [4.69, 9.17) is 0 Å². The summed E-state index contributed by atoms with van der Waals surface area (Å²) in [6, 6.07) is 5.79. The summed E-state index contributed by atoms with van der Waals surface area (Å²) in [5, 5.41) is 17.9. The van der Waals surface area contributed by atoms with Crippen LogP contribution in [0.3, 0.4) is 0 Å². The lowest BCUT2D eigenvalue weighted by Crippen LogP contribution is -2.34. The van der Waals surface area contributed by atoms with Crippen LogP contribution < -0.4 is 10.9 Å². The second kappa shape index (κ2) is 10.3. The number of likely N-dealkylation sites (N-methyl/N-ethyl adjacent to an activating group) is 1. The van der Waals surface area contributed by atoms with Gasteiger partial charge in [0.1, 0.15) is 17.7 Å². The van der Waals surface area contributed by atoms with Crippen molar-refractivity contribution in [3.8, 4) is 0 Å². The Morgan fingerprint density at radius 3 is 2.78 bits per heavy atom. The third-order valence-corrected chi connectivity index (χ3v) is 6.11. The molecule has 9 nitrogen and oxygen atoms in total. The SMILES string of the molecule is Cc1ccc(Nc2cc(=O)n(C)nc2C(=O)N(C)CC(O)c2nc3c(n2C)CC/C=C\C=C/3)c(F)c1. The van der Waals surface area contributed by atoms with Crippen molar-refractivity contribution in [3.05, 3.63) is 87.1 Å². The minimum absolute atomic E-state index is 0.0621. The number of nitrogens with zero attached hydrogens (tertiary/aromatic N) is 5. The first-order chi connectivity index (χ1) is 17.2. The van der Waals surface area contributed by atoms with E-state index in [2.05, 4.69) is 21.5 Å². The van der Waals surface area contributed by atoms with Gasteiger partial charge in [0.05, 0.1) is 23.6 Å². The normalized spacial score (nSPS) is 15.4. The predicted octanol–water partition coefficient (Wildman–Crippen LogP) is 3.03. The van der Waals surface area contributed by atoms with Crippen LogP contribution in [0.15, 0.2) is 47.3 Å². The molecule has 1 aromatic carbocycles. The quantitative estimate of drug-likeness (QED) is 0.548. The zero-order valence-corrected chi connectivity index (χ0v) is 20.7. The van der Waals surface area contributed by atoms with E-state index < -0.39 is 23.4 Å². The van der Waals surface area contributed by atoms with E-state index >= 15 is 0 Å². The summed E-state index contributed by atoms with van der Waals surface area (Å²) in [6.45, 7) is 1.70. The molecule has 2 aromatic heterocycles. The number of imidazole rings is 1. The Labute approximate surface area is 208 Å². The van der Waals surface area contributed by atoms with E-state index in [0.29, 0.717) is 5.82 Å². The summed E-state index contributed by atoms with van der Waals surface area (Å²) in [6.07, 6.45) is 8.43. The number of hydrogen-bond donors (Lipinski definition) is 2. The molecule has 2 heterocycles. The molecular weight excluding hydrogens is 463 g/mol. The van der Waals surface area contributed by atoms with Crippen molar-refractivity contribution in [3.63, 3.8) is 0 Å². The van der Waals surface area contributed by atoms with Crippen molar-refractivity contribution < 1.29 is 14.3 Å². The van der Waals surface area contributed by atoms with E-state index in [1.165, 1.54) is 37.2 Å². The Balaban J connectivity index is 1.59. The first-order valence-electron chi connectivity index (χ1n) is 11.6. The average Bonchev–Trinajstić information content (AvgIpc) is 3.11. The van der Waals surface area contributed by atoms with Crippen LogP contribution in [0.2, 0.25) is 0 Å². The van der Waals surface area contributed by atoms with Crippen LogP contribution in [0, 0.1) is 12.7 Å². The lowest BCUT2D eigenvalue weighted by atomic mass is 10.1. The van der Waals surface area contributed by atoms with Crippen molar-refractivity contribution in [2.75, 3.05) is 18.9 Å². The number of aromatic nitrogens is 4. The van der Waals surface area contributed by atoms with Crippen molar-refractivity contribution in [2.45, 2.75) is 25.9 Å². The van der Waals surface area contributed by atoms with Gasteiger partial charge in [0.25, 0.3) is 11.5 Å². The molecule has 10 heteroatoms. The molecule has 0 bridgehead atoms. The van der Waals surface area contributed by atoms with Crippen LogP contribution in [-0.2, 0) is 20.5 Å². The van der Waals surface area contributed by atoms with Gasteiger partial charge < -0.3 is 19.9 Å². The van der Waals surface area contributed by atoms with Gasteiger partial charge in [-0.2, -0.15) is 5.10 Å². The standard InChI is InChI=1S/C26H29FN6O3/c1-16-11-12-18(17(27)13-16)28-20-14-23(35)33(4)30-24(20)26(36)31(2)15-22(34)25-29-19-9-7-5-6-8-10-21(19)32(25)3/h5-7,9,11-14,22,28,34H,8,10,15H2,1-4H3/b6-5-,9-7-. The smallest absolute Gasteiger partial charge is 0.276 e. The monoisotopic (exact) mass is 492 g/mol. The molecular formula is C26H29FN6O3. The number of hydrogen-bond acceptors (Lipinski definition) is 6. The number of anilines is 2. The molecule has 1 atom stereocenters. The highest BCUT2D eigenvalue weighted by atomic mass is 19.1. The topological polar surface area (TPSA) is 105 Å². The van der Waals surface area contributed by atoms with E-state index in [1.54, 1.807) is 13.0 Å². The second-order valence-corrected chi connectivity index (χ2v) is 8.87. The number of benzene rings is 1. The maximum Gasteiger partial charge on any atom is 0.276 e. The molecule has 0 aliphatic heterocycles. The number of rotatable bonds is 6.